The van der Waals surface area contributed by atoms with Crippen molar-refractivity contribution in [2.45, 2.75) is 12.6 Å². The van der Waals surface area contributed by atoms with Gasteiger partial charge in [-0.05, 0) is 0 Å². The summed E-state index contributed by atoms with van der Waals surface area (Å²) < 4.78 is 0. The van der Waals surface area contributed by atoms with Crippen LogP contribution in [0, 0.1) is 0 Å². The summed E-state index contributed by atoms with van der Waals surface area (Å²) in [6.45, 7) is -0.0611. The fourth-order valence-electron chi connectivity index (χ4n) is 1.91. The van der Waals surface area contributed by atoms with E-state index in [0.29, 0.717) is 0 Å². The number of thiazole rings is 1. The minimum atomic E-state index is -1.14. The van der Waals surface area contributed by atoms with Crippen molar-refractivity contribution in [3.63, 3.8) is 0 Å². The van der Waals surface area contributed by atoms with Crippen molar-refractivity contribution in [3.05, 3.63) is 16.6 Å². The number of hydrogen-bond acceptors (Lipinski definition) is 5. The first-order valence-electron chi connectivity index (χ1n) is 5.87. The van der Waals surface area contributed by atoms with Crippen LogP contribution in [0.1, 0.15) is 5.69 Å². The van der Waals surface area contributed by atoms with Gasteiger partial charge >= 0.3 is 12.0 Å². The second-order valence-corrected chi connectivity index (χ2v) is 5.12. The largest absolute Gasteiger partial charge is 0.480 e. The zero-order valence-electron chi connectivity index (χ0n) is 10.8. The minimum Gasteiger partial charge on any atom is -0.480 e. The maximum absolute atomic E-state index is 12.3. The van der Waals surface area contributed by atoms with Gasteiger partial charge < -0.3 is 15.3 Å². The molecule has 20 heavy (non-hydrogen) atoms. The molecule has 0 spiro atoms. The highest BCUT2D eigenvalue weighted by molar-refractivity contribution is 7.07. The van der Waals surface area contributed by atoms with E-state index in [0.717, 1.165) is 10.6 Å². The quantitative estimate of drug-likeness (QED) is 0.789. The highest BCUT2D eigenvalue weighted by Gasteiger charge is 2.36. The smallest absolute Gasteiger partial charge is 0.328 e. The lowest BCUT2D eigenvalue weighted by atomic mass is 10.2. The zero-order valence-corrected chi connectivity index (χ0v) is 11.6. The molecule has 1 aliphatic heterocycles. The zero-order chi connectivity index (χ0) is 14.7. The van der Waals surface area contributed by atoms with Gasteiger partial charge in [-0.3, -0.25) is 9.69 Å². The molecule has 1 aliphatic rings. The van der Waals surface area contributed by atoms with Gasteiger partial charge in [0.1, 0.15) is 12.6 Å². The lowest BCUT2D eigenvalue weighted by Crippen LogP contribution is -2.61. The number of urea groups is 1. The van der Waals surface area contributed by atoms with Gasteiger partial charge in [-0.1, -0.05) is 0 Å². The van der Waals surface area contributed by atoms with Crippen LogP contribution >= 0.6 is 11.3 Å². The number of aliphatic carboxylic acids is 1. The summed E-state index contributed by atoms with van der Waals surface area (Å²) in [5.74, 6) is -1.50. The molecule has 108 valence electrons. The number of nitrogens with zero attached hydrogens (tertiary/aromatic N) is 3. The third-order valence-corrected chi connectivity index (χ3v) is 3.56. The predicted molar refractivity (Wildman–Crippen MR) is 70.1 cm³/mol. The highest BCUT2D eigenvalue weighted by Crippen LogP contribution is 2.11. The summed E-state index contributed by atoms with van der Waals surface area (Å²) in [6.07, 6.45) is 0. The van der Waals surface area contributed by atoms with Crippen molar-refractivity contribution in [1.29, 1.82) is 0 Å². The van der Waals surface area contributed by atoms with Crippen LogP contribution in [-0.4, -0.2) is 64.0 Å². The number of amides is 3. The number of piperazine rings is 1. The molecule has 0 aliphatic carbocycles. The molecule has 1 atom stereocenters. The lowest BCUT2D eigenvalue weighted by Gasteiger charge is -2.35. The molecule has 1 fully saturated rings. The van der Waals surface area contributed by atoms with Gasteiger partial charge in [-0.2, -0.15) is 0 Å². The molecule has 8 nitrogen and oxygen atoms in total. The van der Waals surface area contributed by atoms with Crippen molar-refractivity contribution in [1.82, 2.24) is 20.1 Å². The summed E-state index contributed by atoms with van der Waals surface area (Å²) in [5, 5.41) is 13.4. The number of carboxylic acid groups (broad SMARTS) is 1. The Labute approximate surface area is 119 Å². The van der Waals surface area contributed by atoms with Crippen LogP contribution in [0.15, 0.2) is 10.9 Å². The van der Waals surface area contributed by atoms with E-state index in [1.165, 1.54) is 16.2 Å². The van der Waals surface area contributed by atoms with Gasteiger partial charge in [0.05, 0.1) is 17.7 Å². The Hall–Kier alpha value is -2.16. The van der Waals surface area contributed by atoms with E-state index >= 15 is 0 Å². The first-order valence-corrected chi connectivity index (χ1v) is 6.81. The Morgan fingerprint density at radius 2 is 2.40 bits per heavy atom. The summed E-state index contributed by atoms with van der Waals surface area (Å²) >= 11 is 1.41. The van der Waals surface area contributed by atoms with Gasteiger partial charge in [0.2, 0.25) is 5.91 Å². The molecule has 1 aromatic rings. The lowest BCUT2D eigenvalue weighted by molar-refractivity contribution is -0.144. The third kappa shape index (κ3) is 3.05. The van der Waals surface area contributed by atoms with Crippen molar-refractivity contribution < 1.29 is 19.5 Å². The van der Waals surface area contributed by atoms with Gasteiger partial charge in [0.15, 0.2) is 0 Å². The standard InChI is InChI=1S/C11H14N4O4S/c1-14(3-7-5-20-6-13-7)11(19)15-4-9(16)12-2-8(15)10(17)18/h5-6,8H,2-4H2,1H3,(H,12,16)(H,17,18). The molecule has 1 unspecified atom stereocenters. The van der Waals surface area contributed by atoms with Crippen molar-refractivity contribution in [2.24, 2.45) is 0 Å². The molecule has 0 aromatic carbocycles. The van der Waals surface area contributed by atoms with Gasteiger partial charge in [-0.15, -0.1) is 11.3 Å². The van der Waals surface area contributed by atoms with E-state index in [9.17, 15) is 14.4 Å². The van der Waals surface area contributed by atoms with Crippen molar-refractivity contribution in [3.8, 4) is 0 Å². The second kappa shape index (κ2) is 5.87. The average molecular weight is 298 g/mol. The Balaban J connectivity index is 2.08. The number of nitrogens with one attached hydrogen (secondary N) is 1. The average Bonchev–Trinajstić information content (AvgIpc) is 2.90. The van der Waals surface area contributed by atoms with Crippen LogP contribution in [0.25, 0.3) is 0 Å². The molecular weight excluding hydrogens is 284 g/mol. The van der Waals surface area contributed by atoms with Crippen LogP contribution in [-0.2, 0) is 16.1 Å². The van der Waals surface area contributed by atoms with Gasteiger partial charge in [0, 0.05) is 19.0 Å². The van der Waals surface area contributed by atoms with E-state index < -0.39 is 18.0 Å². The normalized spacial score (nSPS) is 18.6. The van der Waals surface area contributed by atoms with Crippen molar-refractivity contribution >= 4 is 29.2 Å². The molecule has 2 heterocycles. The van der Waals surface area contributed by atoms with Crippen molar-refractivity contribution in [2.75, 3.05) is 20.1 Å². The van der Waals surface area contributed by atoms with Crippen LogP contribution < -0.4 is 5.32 Å². The Morgan fingerprint density at radius 3 is 3.00 bits per heavy atom. The number of carboxylic acids is 1. The van der Waals surface area contributed by atoms with E-state index in [4.69, 9.17) is 5.11 Å². The SMILES string of the molecule is CN(Cc1cscn1)C(=O)N1CC(=O)NCC1C(=O)O. The fraction of sp³-hybridized carbons (Fsp3) is 0.455. The molecule has 9 heteroatoms. The molecule has 0 bridgehead atoms. The molecular formula is C11H14N4O4S. The number of carbonyl (C=O) groups excluding carboxylic acids is 2. The van der Waals surface area contributed by atoms with E-state index in [2.05, 4.69) is 10.3 Å². The summed E-state index contributed by atoms with van der Waals surface area (Å²) in [7, 11) is 1.55. The molecule has 2 N–H and O–H groups in total. The number of aromatic nitrogens is 1. The monoisotopic (exact) mass is 298 g/mol. The fourth-order valence-corrected chi connectivity index (χ4v) is 2.46. The first kappa shape index (κ1) is 14.3. The number of rotatable bonds is 3. The third-order valence-electron chi connectivity index (χ3n) is 2.92. The molecule has 3 amide bonds. The summed E-state index contributed by atoms with van der Waals surface area (Å²) in [4.78, 5) is 41.2. The van der Waals surface area contributed by atoms with E-state index in [-0.39, 0.29) is 25.5 Å². The van der Waals surface area contributed by atoms with Crippen LogP contribution in [0.2, 0.25) is 0 Å². The number of carbonyl (C=O) groups is 3. The Bertz CT molecular complexity index is 519. The molecule has 2 rings (SSSR count). The second-order valence-electron chi connectivity index (χ2n) is 4.40. The van der Waals surface area contributed by atoms with E-state index in [1.807, 2.05) is 0 Å². The molecule has 1 saturated heterocycles. The maximum atomic E-state index is 12.3. The Morgan fingerprint density at radius 1 is 1.65 bits per heavy atom. The minimum absolute atomic E-state index is 0.0789. The topological polar surface area (TPSA) is 103 Å². The Kier molecular flexibility index (Phi) is 4.18. The number of hydrogen-bond donors (Lipinski definition) is 2. The molecule has 0 saturated carbocycles. The van der Waals surface area contributed by atoms with Gasteiger partial charge in [0.25, 0.3) is 0 Å². The van der Waals surface area contributed by atoms with E-state index in [1.54, 1.807) is 17.9 Å². The molecule has 0 radical (unpaired) electrons. The first-order chi connectivity index (χ1) is 9.49. The van der Waals surface area contributed by atoms with Crippen LogP contribution in [0.5, 0.6) is 0 Å². The van der Waals surface area contributed by atoms with Crippen LogP contribution in [0.3, 0.4) is 0 Å². The molecule has 1 aromatic heterocycles. The van der Waals surface area contributed by atoms with Crippen LogP contribution in [0.4, 0.5) is 4.79 Å². The maximum Gasteiger partial charge on any atom is 0.328 e. The highest BCUT2D eigenvalue weighted by atomic mass is 32.1. The summed E-state index contributed by atoms with van der Waals surface area (Å²) in [6, 6.07) is -1.54. The predicted octanol–water partition coefficient (Wildman–Crippen LogP) is -0.420. The summed E-state index contributed by atoms with van der Waals surface area (Å²) in [5.41, 5.74) is 2.38. The van der Waals surface area contributed by atoms with Gasteiger partial charge in [-0.25, -0.2) is 14.6 Å².